The largest absolute Gasteiger partial charge is 0.385 e. The Morgan fingerprint density at radius 1 is 1.23 bits per heavy atom. The lowest BCUT2D eigenvalue weighted by molar-refractivity contribution is 0.172. The number of ether oxygens (including phenoxy) is 1. The number of methoxy groups -OCH3 is 1. The molecular weight excluding hydrogens is 274 g/mol. The predicted molar refractivity (Wildman–Crippen MR) is 93.2 cm³/mol. The molecule has 2 aliphatic rings. The maximum atomic E-state index is 5.23. The van der Waals surface area contributed by atoms with Crippen LogP contribution in [-0.4, -0.2) is 39.3 Å². The van der Waals surface area contributed by atoms with Gasteiger partial charge in [0.1, 0.15) is 0 Å². The van der Waals surface area contributed by atoms with Gasteiger partial charge in [-0.05, 0) is 62.2 Å². The third-order valence-corrected chi connectivity index (χ3v) is 5.70. The minimum atomic E-state index is 0.461. The topological polar surface area (TPSA) is 45.7 Å². The Balaban J connectivity index is 1.70. The lowest BCUT2D eigenvalue weighted by Crippen LogP contribution is -2.46. The first-order valence-corrected chi connectivity index (χ1v) is 9.05. The zero-order valence-electron chi connectivity index (χ0n) is 15.0. The molecule has 0 atom stereocenters. The van der Waals surface area contributed by atoms with Crippen molar-refractivity contribution in [3.63, 3.8) is 0 Å². The summed E-state index contributed by atoms with van der Waals surface area (Å²) >= 11 is 0. The first-order valence-electron chi connectivity index (χ1n) is 9.05. The molecule has 128 valence electrons. The molecule has 0 aromatic heterocycles. The van der Waals surface area contributed by atoms with E-state index in [0.717, 1.165) is 37.4 Å². The minimum absolute atomic E-state index is 0.461. The second-order valence-corrected chi connectivity index (χ2v) is 7.67. The third kappa shape index (κ3) is 5.15. The van der Waals surface area contributed by atoms with Gasteiger partial charge in [0.15, 0.2) is 5.96 Å². The van der Waals surface area contributed by atoms with E-state index in [2.05, 4.69) is 29.5 Å². The zero-order chi connectivity index (χ0) is 16.0. The number of hydrogen-bond acceptors (Lipinski definition) is 2. The van der Waals surface area contributed by atoms with Gasteiger partial charge >= 0.3 is 0 Å². The van der Waals surface area contributed by atoms with Crippen LogP contribution in [0.5, 0.6) is 0 Å². The number of guanidine groups is 1. The highest BCUT2D eigenvalue weighted by Crippen LogP contribution is 2.48. The molecule has 4 nitrogen and oxygen atoms in total. The van der Waals surface area contributed by atoms with Crippen molar-refractivity contribution in [2.24, 2.45) is 22.2 Å². The van der Waals surface area contributed by atoms with Gasteiger partial charge in [0, 0.05) is 33.4 Å². The second-order valence-electron chi connectivity index (χ2n) is 7.67. The predicted octanol–water partition coefficient (Wildman–Crippen LogP) is 3.18. The number of rotatable bonds is 7. The average Bonchev–Trinajstić information content (AvgIpc) is 3.30. The molecule has 22 heavy (non-hydrogen) atoms. The van der Waals surface area contributed by atoms with E-state index in [-0.39, 0.29) is 0 Å². The number of nitrogens with one attached hydrogen (secondary N) is 2. The minimum Gasteiger partial charge on any atom is -0.385 e. The Kier molecular flexibility index (Phi) is 6.54. The molecule has 4 heteroatoms. The van der Waals surface area contributed by atoms with Crippen molar-refractivity contribution in [3.8, 4) is 0 Å². The maximum absolute atomic E-state index is 5.23. The Hall–Kier alpha value is -0.770. The third-order valence-electron chi connectivity index (χ3n) is 5.70. The maximum Gasteiger partial charge on any atom is 0.191 e. The number of nitrogens with zero attached hydrogens (tertiary/aromatic N) is 1. The van der Waals surface area contributed by atoms with Crippen LogP contribution in [0.25, 0.3) is 0 Å². The molecule has 0 heterocycles. The summed E-state index contributed by atoms with van der Waals surface area (Å²) in [6.07, 6.45) is 9.05. The van der Waals surface area contributed by atoms with E-state index in [0.29, 0.717) is 11.5 Å². The van der Waals surface area contributed by atoms with Crippen LogP contribution in [-0.2, 0) is 4.74 Å². The summed E-state index contributed by atoms with van der Waals surface area (Å²) in [7, 11) is 3.67. The van der Waals surface area contributed by atoms with Gasteiger partial charge in [-0.2, -0.15) is 0 Å². The van der Waals surface area contributed by atoms with Gasteiger partial charge in [0.25, 0.3) is 0 Å². The SMILES string of the molecule is CN=C(NCC1(CCOC)CC1)NC1CCC(C(C)C)CC1. The van der Waals surface area contributed by atoms with E-state index in [1.807, 2.05) is 7.05 Å². The fourth-order valence-electron chi connectivity index (χ4n) is 3.60. The van der Waals surface area contributed by atoms with Gasteiger partial charge in [0.05, 0.1) is 0 Å². The quantitative estimate of drug-likeness (QED) is 0.561. The summed E-state index contributed by atoms with van der Waals surface area (Å²) < 4.78 is 5.23. The standard InChI is InChI=1S/C18H35N3O/c1-14(2)15-5-7-16(8-6-15)21-17(19-3)20-13-18(9-10-18)11-12-22-4/h14-16H,5-13H2,1-4H3,(H2,19,20,21). The van der Waals surface area contributed by atoms with Crippen molar-refractivity contribution in [3.05, 3.63) is 0 Å². The van der Waals surface area contributed by atoms with E-state index in [1.54, 1.807) is 7.11 Å². The Bertz CT molecular complexity index is 355. The van der Waals surface area contributed by atoms with Gasteiger partial charge in [-0.15, -0.1) is 0 Å². The van der Waals surface area contributed by atoms with Crippen molar-refractivity contribution >= 4 is 5.96 Å². The van der Waals surface area contributed by atoms with Crippen molar-refractivity contribution in [2.75, 3.05) is 27.3 Å². The van der Waals surface area contributed by atoms with Gasteiger partial charge in [-0.3, -0.25) is 4.99 Å². The van der Waals surface area contributed by atoms with E-state index in [4.69, 9.17) is 4.74 Å². The lowest BCUT2D eigenvalue weighted by Gasteiger charge is -2.32. The normalized spacial score (nSPS) is 27.8. The van der Waals surface area contributed by atoms with E-state index in [1.165, 1.54) is 38.5 Å². The molecule has 0 aromatic carbocycles. The van der Waals surface area contributed by atoms with E-state index in [9.17, 15) is 0 Å². The zero-order valence-corrected chi connectivity index (χ0v) is 15.0. The fraction of sp³-hybridized carbons (Fsp3) is 0.944. The van der Waals surface area contributed by atoms with Crippen LogP contribution in [0.2, 0.25) is 0 Å². The van der Waals surface area contributed by atoms with Crippen molar-refractivity contribution in [1.82, 2.24) is 10.6 Å². The summed E-state index contributed by atoms with van der Waals surface area (Å²) in [6, 6.07) is 0.593. The molecule has 2 rings (SSSR count). The van der Waals surface area contributed by atoms with Crippen molar-refractivity contribution in [2.45, 2.75) is 64.8 Å². The van der Waals surface area contributed by atoms with Crippen LogP contribution in [0.3, 0.4) is 0 Å². The highest BCUT2D eigenvalue weighted by molar-refractivity contribution is 5.80. The fourth-order valence-corrected chi connectivity index (χ4v) is 3.60. The molecule has 0 bridgehead atoms. The molecule has 0 aliphatic heterocycles. The molecule has 0 aromatic rings. The Morgan fingerprint density at radius 2 is 1.91 bits per heavy atom. The summed E-state index contributed by atoms with van der Waals surface area (Å²) in [6.45, 7) is 6.60. The smallest absolute Gasteiger partial charge is 0.191 e. The number of hydrogen-bond donors (Lipinski definition) is 2. The second kappa shape index (κ2) is 8.19. The molecule has 0 saturated heterocycles. The molecule has 2 aliphatic carbocycles. The molecule has 2 N–H and O–H groups in total. The first kappa shape index (κ1) is 17.6. The molecule has 0 amide bonds. The van der Waals surface area contributed by atoms with Crippen LogP contribution < -0.4 is 10.6 Å². The lowest BCUT2D eigenvalue weighted by atomic mass is 9.80. The summed E-state index contributed by atoms with van der Waals surface area (Å²) in [5.74, 6) is 2.72. The highest BCUT2D eigenvalue weighted by atomic mass is 16.5. The van der Waals surface area contributed by atoms with Crippen LogP contribution in [0, 0.1) is 17.3 Å². The summed E-state index contributed by atoms with van der Waals surface area (Å²) in [5, 5.41) is 7.17. The van der Waals surface area contributed by atoms with Crippen LogP contribution in [0.4, 0.5) is 0 Å². The Labute approximate surface area is 136 Å². The molecule has 0 unspecified atom stereocenters. The van der Waals surface area contributed by atoms with Crippen molar-refractivity contribution in [1.29, 1.82) is 0 Å². The monoisotopic (exact) mass is 309 g/mol. The number of aliphatic imine (C=N–C) groups is 1. The van der Waals surface area contributed by atoms with Gasteiger partial charge in [-0.25, -0.2) is 0 Å². The molecular formula is C18H35N3O. The molecule has 2 saturated carbocycles. The first-order chi connectivity index (χ1) is 10.6. The Morgan fingerprint density at radius 3 is 2.41 bits per heavy atom. The van der Waals surface area contributed by atoms with Crippen LogP contribution in [0.1, 0.15) is 58.8 Å². The van der Waals surface area contributed by atoms with E-state index >= 15 is 0 Å². The van der Waals surface area contributed by atoms with Crippen molar-refractivity contribution < 1.29 is 4.74 Å². The highest BCUT2D eigenvalue weighted by Gasteiger charge is 2.42. The summed E-state index contributed by atoms with van der Waals surface area (Å²) in [5.41, 5.74) is 0.461. The van der Waals surface area contributed by atoms with Crippen LogP contribution >= 0.6 is 0 Å². The molecule has 0 radical (unpaired) electrons. The van der Waals surface area contributed by atoms with Gasteiger partial charge < -0.3 is 15.4 Å². The van der Waals surface area contributed by atoms with Crippen LogP contribution in [0.15, 0.2) is 4.99 Å². The van der Waals surface area contributed by atoms with E-state index < -0.39 is 0 Å². The summed E-state index contributed by atoms with van der Waals surface area (Å²) in [4.78, 5) is 4.41. The van der Waals surface area contributed by atoms with Gasteiger partial charge in [-0.1, -0.05) is 13.8 Å². The average molecular weight is 309 g/mol. The molecule has 0 spiro atoms. The van der Waals surface area contributed by atoms with Gasteiger partial charge in [0.2, 0.25) is 0 Å². The molecule has 2 fully saturated rings.